The van der Waals surface area contributed by atoms with E-state index in [-0.39, 0.29) is 5.91 Å². The number of carbonyl (C=O) groups excluding carboxylic acids is 2. The Bertz CT molecular complexity index is 840. The first-order chi connectivity index (χ1) is 14.0. The van der Waals surface area contributed by atoms with Gasteiger partial charge < -0.3 is 14.4 Å². The van der Waals surface area contributed by atoms with Crippen LogP contribution in [0.15, 0.2) is 24.3 Å². The van der Waals surface area contributed by atoms with Gasteiger partial charge in [0.25, 0.3) is 12.4 Å². The molecule has 0 spiro atoms. The molecule has 0 N–H and O–H groups in total. The zero-order valence-electron chi connectivity index (χ0n) is 16.2. The van der Waals surface area contributed by atoms with Gasteiger partial charge in [0, 0.05) is 28.0 Å². The second kappa shape index (κ2) is 10.3. The third-order valence-corrected chi connectivity index (χ3v) is 6.31. The molecule has 0 bridgehead atoms. The molecule has 1 aliphatic heterocycles. The summed E-state index contributed by atoms with van der Waals surface area (Å²) < 4.78 is 9.77. The molecule has 1 saturated heterocycles. The lowest BCUT2D eigenvalue weighted by Crippen LogP contribution is -2.26. The van der Waals surface area contributed by atoms with E-state index in [0.29, 0.717) is 34.8 Å². The van der Waals surface area contributed by atoms with Crippen molar-refractivity contribution < 1.29 is 19.1 Å². The molecule has 1 aromatic heterocycles. The number of carbonyl (C=O) groups is 2. The topological polar surface area (TPSA) is 55.8 Å². The van der Waals surface area contributed by atoms with Crippen molar-refractivity contribution in [2.24, 2.45) is 0 Å². The van der Waals surface area contributed by atoms with Crippen LogP contribution >= 0.6 is 34.5 Å². The van der Waals surface area contributed by atoms with Crippen LogP contribution in [0, 0.1) is 0 Å². The van der Waals surface area contributed by atoms with Gasteiger partial charge in [0.15, 0.2) is 0 Å². The predicted molar refractivity (Wildman–Crippen MR) is 115 cm³/mol. The van der Waals surface area contributed by atoms with Crippen molar-refractivity contribution >= 4 is 46.9 Å². The maximum atomic E-state index is 12.7. The standard InChI is InChI=1S/C19H19Cl2NO2S.C2H4O2/c20-13-7-14(21)9-15(8-13)24-11-18-16(12-3-4-12)10-17(25-18)19(23)22-5-1-2-6-22;1-4-2-3/h7-10,12H,1-6,11H2;2H,1H3. The largest absolute Gasteiger partial charge is 0.488 e. The second-order valence-electron chi connectivity index (χ2n) is 6.99. The van der Waals surface area contributed by atoms with Gasteiger partial charge in [-0.05, 0) is 61.4 Å². The number of halogens is 2. The number of amides is 1. The van der Waals surface area contributed by atoms with Crippen molar-refractivity contribution in [2.45, 2.75) is 38.2 Å². The Labute approximate surface area is 184 Å². The molecule has 2 aliphatic rings. The molecule has 4 rings (SSSR count). The van der Waals surface area contributed by atoms with Crippen LogP contribution in [0.3, 0.4) is 0 Å². The molecule has 5 nitrogen and oxygen atoms in total. The predicted octanol–water partition coefficient (Wildman–Crippen LogP) is 5.54. The van der Waals surface area contributed by atoms with Gasteiger partial charge in [0.1, 0.15) is 12.4 Å². The number of likely N-dealkylation sites (tertiary alicyclic amines) is 1. The van der Waals surface area contributed by atoms with E-state index >= 15 is 0 Å². The fourth-order valence-corrected chi connectivity index (χ4v) is 4.87. The second-order valence-corrected chi connectivity index (χ2v) is 9.00. The fourth-order valence-electron chi connectivity index (χ4n) is 3.24. The number of benzene rings is 1. The number of ether oxygens (including phenoxy) is 2. The molecule has 0 radical (unpaired) electrons. The maximum absolute atomic E-state index is 12.7. The molecule has 2 fully saturated rings. The third-order valence-electron chi connectivity index (χ3n) is 4.77. The van der Waals surface area contributed by atoms with E-state index in [4.69, 9.17) is 32.7 Å². The van der Waals surface area contributed by atoms with Crippen LogP contribution in [0.5, 0.6) is 5.75 Å². The molecule has 1 aromatic carbocycles. The van der Waals surface area contributed by atoms with E-state index in [0.717, 1.165) is 35.7 Å². The summed E-state index contributed by atoms with van der Waals surface area (Å²) in [7, 11) is 1.31. The van der Waals surface area contributed by atoms with Gasteiger partial charge in [-0.2, -0.15) is 0 Å². The SMILES string of the molecule is COC=O.O=C(c1cc(C2CC2)c(COc2cc(Cl)cc(Cl)c2)s1)N1CCCC1. The zero-order valence-corrected chi connectivity index (χ0v) is 18.5. The minimum absolute atomic E-state index is 0.168. The molecule has 1 amide bonds. The number of nitrogens with zero attached hydrogens (tertiary/aromatic N) is 1. The first kappa shape index (κ1) is 21.9. The van der Waals surface area contributed by atoms with Crippen LogP contribution in [0.1, 0.15) is 51.7 Å². The van der Waals surface area contributed by atoms with Crippen LogP contribution < -0.4 is 4.74 Å². The normalized spacial score (nSPS) is 15.5. The molecule has 2 aromatic rings. The Kier molecular flexibility index (Phi) is 7.81. The van der Waals surface area contributed by atoms with Crippen LogP contribution in [-0.2, 0) is 16.1 Å². The Balaban J connectivity index is 0.000000552. The summed E-state index contributed by atoms with van der Waals surface area (Å²) in [6.45, 7) is 2.57. The number of methoxy groups -OCH3 is 1. The van der Waals surface area contributed by atoms with E-state index in [1.807, 2.05) is 4.90 Å². The summed E-state index contributed by atoms with van der Waals surface area (Å²) in [5.41, 5.74) is 1.28. The van der Waals surface area contributed by atoms with E-state index in [1.165, 1.54) is 25.5 Å². The Morgan fingerprint density at radius 3 is 2.34 bits per heavy atom. The average Bonchev–Trinajstić information content (AvgIpc) is 3.23. The first-order valence-electron chi connectivity index (χ1n) is 9.49. The van der Waals surface area contributed by atoms with Crippen molar-refractivity contribution in [3.8, 4) is 5.75 Å². The Morgan fingerprint density at radius 2 is 1.79 bits per heavy atom. The summed E-state index contributed by atoms with van der Waals surface area (Å²) in [6.07, 6.45) is 4.62. The average molecular weight is 456 g/mol. The maximum Gasteiger partial charge on any atom is 0.292 e. The molecule has 1 saturated carbocycles. The molecule has 2 heterocycles. The van der Waals surface area contributed by atoms with Gasteiger partial charge in [0.05, 0.1) is 12.0 Å². The highest BCUT2D eigenvalue weighted by atomic mass is 35.5. The molecule has 1 aliphatic carbocycles. The van der Waals surface area contributed by atoms with Crippen molar-refractivity contribution in [2.75, 3.05) is 20.2 Å². The summed E-state index contributed by atoms with van der Waals surface area (Å²) in [6, 6.07) is 7.29. The van der Waals surface area contributed by atoms with Crippen LogP contribution in [0.4, 0.5) is 0 Å². The van der Waals surface area contributed by atoms with Crippen LogP contribution in [0.25, 0.3) is 0 Å². The number of thiophene rings is 1. The lowest BCUT2D eigenvalue weighted by atomic mass is 10.1. The monoisotopic (exact) mass is 455 g/mol. The number of rotatable bonds is 6. The summed E-state index contributed by atoms with van der Waals surface area (Å²) in [5, 5.41) is 1.11. The molecular weight excluding hydrogens is 433 g/mol. The first-order valence-corrected chi connectivity index (χ1v) is 11.1. The van der Waals surface area contributed by atoms with E-state index in [2.05, 4.69) is 10.8 Å². The zero-order chi connectivity index (χ0) is 20.8. The van der Waals surface area contributed by atoms with E-state index in [9.17, 15) is 4.79 Å². The van der Waals surface area contributed by atoms with Crippen molar-refractivity contribution in [1.82, 2.24) is 4.90 Å². The van der Waals surface area contributed by atoms with Crippen molar-refractivity contribution in [1.29, 1.82) is 0 Å². The quantitative estimate of drug-likeness (QED) is 0.536. The highest BCUT2D eigenvalue weighted by Gasteiger charge is 2.30. The van der Waals surface area contributed by atoms with Crippen LogP contribution in [0.2, 0.25) is 10.0 Å². The molecule has 0 atom stereocenters. The molecule has 156 valence electrons. The van der Waals surface area contributed by atoms with Gasteiger partial charge in [-0.1, -0.05) is 23.2 Å². The van der Waals surface area contributed by atoms with Gasteiger partial charge >= 0.3 is 0 Å². The smallest absolute Gasteiger partial charge is 0.292 e. The van der Waals surface area contributed by atoms with Gasteiger partial charge in [-0.15, -0.1) is 11.3 Å². The third kappa shape index (κ3) is 6.11. The minimum atomic E-state index is 0.168. The van der Waals surface area contributed by atoms with Gasteiger partial charge in [-0.3, -0.25) is 9.59 Å². The Morgan fingerprint density at radius 1 is 1.17 bits per heavy atom. The summed E-state index contributed by atoms with van der Waals surface area (Å²) >= 11 is 13.6. The molecule has 8 heteroatoms. The fraction of sp³-hybridized carbons (Fsp3) is 0.429. The van der Waals surface area contributed by atoms with E-state index in [1.54, 1.807) is 29.5 Å². The molecule has 0 unspecified atom stereocenters. The number of hydrogen-bond donors (Lipinski definition) is 0. The highest BCUT2D eigenvalue weighted by molar-refractivity contribution is 7.14. The lowest BCUT2D eigenvalue weighted by Gasteiger charge is -2.13. The Hall–Kier alpha value is -1.76. The summed E-state index contributed by atoms with van der Waals surface area (Å²) in [4.78, 5) is 25.6. The number of hydrogen-bond acceptors (Lipinski definition) is 5. The minimum Gasteiger partial charge on any atom is -0.488 e. The molecular formula is C21H23Cl2NO4S. The van der Waals surface area contributed by atoms with E-state index < -0.39 is 0 Å². The van der Waals surface area contributed by atoms with Crippen LogP contribution in [-0.4, -0.2) is 37.5 Å². The van der Waals surface area contributed by atoms with Crippen molar-refractivity contribution in [3.63, 3.8) is 0 Å². The highest BCUT2D eigenvalue weighted by Crippen LogP contribution is 2.45. The summed E-state index contributed by atoms with van der Waals surface area (Å²) in [5.74, 6) is 1.40. The lowest BCUT2D eigenvalue weighted by molar-refractivity contribution is -0.126. The van der Waals surface area contributed by atoms with Gasteiger partial charge in [-0.25, -0.2) is 0 Å². The van der Waals surface area contributed by atoms with Crippen molar-refractivity contribution in [3.05, 3.63) is 49.6 Å². The van der Waals surface area contributed by atoms with Gasteiger partial charge in [0.2, 0.25) is 0 Å². The molecule has 29 heavy (non-hydrogen) atoms.